The summed E-state index contributed by atoms with van der Waals surface area (Å²) in [5.41, 5.74) is 0.627. The van der Waals surface area contributed by atoms with Gasteiger partial charge in [0.25, 0.3) is 0 Å². The van der Waals surface area contributed by atoms with Gasteiger partial charge in [-0.05, 0) is 23.3 Å². The van der Waals surface area contributed by atoms with Gasteiger partial charge in [0, 0.05) is 12.0 Å². The molecular weight excluding hydrogens is 406 g/mol. The predicted molar refractivity (Wildman–Crippen MR) is 77.9 cm³/mol. The molecule has 26 heavy (non-hydrogen) atoms. The molecule has 12 heteroatoms. The molecule has 0 aromatic heterocycles. The maximum absolute atomic E-state index is 12.4. The van der Waals surface area contributed by atoms with E-state index in [1.54, 1.807) is 12.2 Å². The number of carbonyl (C=O) groups is 2. The van der Waals surface area contributed by atoms with Crippen molar-refractivity contribution in [2.75, 3.05) is 0 Å². The van der Waals surface area contributed by atoms with Gasteiger partial charge in [0.05, 0.1) is 10.8 Å². The topological polar surface area (TPSA) is 149 Å². The van der Waals surface area contributed by atoms with E-state index in [4.69, 9.17) is 0 Å². The molecule has 0 saturated carbocycles. The Labute approximate surface area is 193 Å². The van der Waals surface area contributed by atoms with Gasteiger partial charge in [0.1, 0.15) is 25.1 Å². The fraction of sp³-hybridized carbons (Fsp3) is 0.143. The minimum Gasteiger partial charge on any atom is -0.744 e. The number of carbonyl (C=O) groups excluding carboxylic acids is 2. The summed E-state index contributed by atoms with van der Waals surface area (Å²) in [5, 5.41) is 0. The molecule has 1 atom stereocenters. The third-order valence-electron chi connectivity index (χ3n) is 3.77. The van der Waals surface area contributed by atoms with Crippen LogP contribution in [0.2, 0.25) is 0 Å². The van der Waals surface area contributed by atoms with Crippen molar-refractivity contribution >= 4 is 31.8 Å². The van der Waals surface area contributed by atoms with Gasteiger partial charge >= 0.3 is 59.1 Å². The van der Waals surface area contributed by atoms with Crippen molar-refractivity contribution in [1.82, 2.24) is 0 Å². The van der Waals surface area contributed by atoms with Gasteiger partial charge in [-0.25, -0.2) is 16.8 Å². The molecule has 0 fully saturated rings. The molecule has 0 N–H and O–H groups in total. The van der Waals surface area contributed by atoms with E-state index in [2.05, 4.69) is 0 Å². The van der Waals surface area contributed by atoms with E-state index in [-0.39, 0.29) is 82.5 Å². The Morgan fingerprint density at radius 2 is 1.58 bits per heavy atom. The van der Waals surface area contributed by atoms with E-state index < -0.39 is 41.7 Å². The van der Waals surface area contributed by atoms with E-state index in [9.17, 15) is 35.5 Å². The molecule has 3 aliphatic carbocycles. The molecule has 0 aliphatic heterocycles. The second kappa shape index (κ2) is 8.08. The number of rotatable bonds is 2. The fourth-order valence-electron chi connectivity index (χ4n) is 2.77. The Morgan fingerprint density at radius 3 is 2.12 bits per heavy atom. The average Bonchev–Trinajstić information content (AvgIpc) is 2.43. The summed E-state index contributed by atoms with van der Waals surface area (Å²) in [6.07, 6.45) is 6.48. The van der Waals surface area contributed by atoms with Crippen LogP contribution in [0, 0.1) is 5.92 Å². The summed E-state index contributed by atoms with van der Waals surface area (Å²) in [6.45, 7) is 0. The Kier molecular flexibility index (Phi) is 7.42. The quantitative estimate of drug-likeness (QED) is 0.320. The zero-order valence-corrected chi connectivity index (χ0v) is 19.4. The Bertz CT molecular complexity index is 1060. The second-order valence-corrected chi connectivity index (χ2v) is 7.96. The van der Waals surface area contributed by atoms with Crippen LogP contribution in [0.5, 0.6) is 0 Å². The van der Waals surface area contributed by atoms with Crippen LogP contribution in [0.15, 0.2) is 56.9 Å². The normalized spacial score (nSPS) is 22.2. The van der Waals surface area contributed by atoms with Gasteiger partial charge in [-0.1, -0.05) is 18.2 Å². The molecule has 0 radical (unpaired) electrons. The van der Waals surface area contributed by atoms with E-state index in [1.165, 1.54) is 12.2 Å². The largest absolute Gasteiger partial charge is 1.00 e. The van der Waals surface area contributed by atoms with Crippen molar-refractivity contribution < 1.29 is 94.6 Å². The summed E-state index contributed by atoms with van der Waals surface area (Å²) in [4.78, 5) is 21.3. The van der Waals surface area contributed by atoms with Crippen LogP contribution in [0.3, 0.4) is 0 Å². The zero-order valence-electron chi connectivity index (χ0n) is 13.8. The van der Waals surface area contributed by atoms with Crippen molar-refractivity contribution in [3.63, 3.8) is 0 Å². The van der Waals surface area contributed by atoms with Crippen LogP contribution in [-0.2, 0) is 29.8 Å². The minimum absolute atomic E-state index is 0. The van der Waals surface area contributed by atoms with Gasteiger partial charge in [-0.2, -0.15) is 0 Å². The molecule has 3 rings (SSSR count). The summed E-state index contributed by atoms with van der Waals surface area (Å²) in [5.74, 6) is -2.93. The SMILES string of the molecule is O=C1CC=CC2=CC3=CC(S(=O)(=O)[O-])=C(S(=O)(=O)[O-])C(=O)C3C=C12.[Na+].[Na+]. The molecule has 0 aromatic carbocycles. The third-order valence-corrected chi connectivity index (χ3v) is 5.68. The molecule has 3 aliphatic rings. The predicted octanol–water partition coefficient (Wildman–Crippen LogP) is -6.18. The van der Waals surface area contributed by atoms with Crippen molar-refractivity contribution in [1.29, 1.82) is 0 Å². The Hall–Kier alpha value is -0.140. The van der Waals surface area contributed by atoms with Crippen LogP contribution in [0.4, 0.5) is 0 Å². The average molecular weight is 414 g/mol. The summed E-state index contributed by atoms with van der Waals surface area (Å²) >= 11 is 0. The van der Waals surface area contributed by atoms with Gasteiger partial charge < -0.3 is 9.11 Å². The van der Waals surface area contributed by atoms with Crippen LogP contribution in [0.1, 0.15) is 6.42 Å². The maximum atomic E-state index is 12.4. The number of allylic oxidation sites excluding steroid dienone is 9. The first-order chi connectivity index (χ1) is 11.0. The summed E-state index contributed by atoms with van der Waals surface area (Å²) < 4.78 is 67.7. The fourth-order valence-corrected chi connectivity index (χ4v) is 4.67. The third kappa shape index (κ3) is 4.30. The Balaban J connectivity index is 0.00000169. The van der Waals surface area contributed by atoms with Crippen molar-refractivity contribution in [3.05, 3.63) is 56.9 Å². The number of Topliss-reactive ketones (excluding diaryl/α,β-unsaturated/α-hetero) is 2. The number of hydrogen-bond donors (Lipinski definition) is 0. The minimum atomic E-state index is -5.49. The first-order valence-corrected chi connectivity index (χ1v) is 9.37. The summed E-state index contributed by atoms with van der Waals surface area (Å²) in [6, 6.07) is 0. The first kappa shape index (κ1) is 23.9. The van der Waals surface area contributed by atoms with Crippen molar-refractivity contribution in [2.24, 2.45) is 5.92 Å². The van der Waals surface area contributed by atoms with Crippen LogP contribution >= 0.6 is 0 Å². The van der Waals surface area contributed by atoms with Crippen LogP contribution in [-0.4, -0.2) is 37.5 Å². The van der Waals surface area contributed by atoms with Gasteiger partial charge in [-0.15, -0.1) is 0 Å². The molecule has 8 nitrogen and oxygen atoms in total. The smallest absolute Gasteiger partial charge is 0.744 e. The molecule has 0 bridgehead atoms. The number of fused-ring (bicyclic) bond motifs is 2. The van der Waals surface area contributed by atoms with Crippen molar-refractivity contribution in [2.45, 2.75) is 6.42 Å². The van der Waals surface area contributed by atoms with Gasteiger partial charge in [0.15, 0.2) is 11.6 Å². The van der Waals surface area contributed by atoms with E-state index in [0.29, 0.717) is 11.6 Å². The standard InChI is InChI=1S/C14H10O8S2.2Na/c15-11-3-1-2-7-4-8-5-12(23(17,18)19)14(24(20,21)22)13(16)10(8)6-9(7)11;;/h1-2,4-6,10H,3H2,(H,17,18,19)(H,20,21,22);;/q;2*+1/p-2. The number of hydrogen-bond acceptors (Lipinski definition) is 8. The molecule has 126 valence electrons. The molecule has 0 spiro atoms. The van der Waals surface area contributed by atoms with Crippen LogP contribution < -0.4 is 59.1 Å². The molecule has 0 saturated heterocycles. The van der Waals surface area contributed by atoms with Gasteiger partial charge in [0.2, 0.25) is 0 Å². The van der Waals surface area contributed by atoms with Crippen LogP contribution in [0.25, 0.3) is 0 Å². The molecule has 0 amide bonds. The zero-order chi connectivity index (χ0) is 17.9. The second-order valence-electron chi connectivity index (χ2n) is 5.30. The molecule has 0 aromatic rings. The first-order valence-electron chi connectivity index (χ1n) is 6.55. The van der Waals surface area contributed by atoms with Crippen molar-refractivity contribution in [3.8, 4) is 0 Å². The van der Waals surface area contributed by atoms with E-state index in [0.717, 1.165) is 0 Å². The van der Waals surface area contributed by atoms with Gasteiger partial charge in [-0.3, -0.25) is 9.59 Å². The molecule has 1 unspecified atom stereocenters. The molecular formula is C14H8Na2O8S2. The Morgan fingerprint density at radius 1 is 0.962 bits per heavy atom. The molecule has 0 heterocycles. The maximum Gasteiger partial charge on any atom is 1.00 e. The summed E-state index contributed by atoms with van der Waals surface area (Å²) in [7, 11) is -10.9. The van der Waals surface area contributed by atoms with E-state index in [1.807, 2.05) is 0 Å². The number of ketones is 2. The van der Waals surface area contributed by atoms with E-state index >= 15 is 0 Å². The monoisotopic (exact) mass is 414 g/mol.